The summed E-state index contributed by atoms with van der Waals surface area (Å²) >= 11 is 0. The summed E-state index contributed by atoms with van der Waals surface area (Å²) in [5, 5.41) is 3.78. The van der Waals surface area contributed by atoms with Crippen molar-refractivity contribution in [3.05, 3.63) is 36.0 Å². The van der Waals surface area contributed by atoms with E-state index in [4.69, 9.17) is 14.2 Å². The lowest BCUT2D eigenvalue weighted by Crippen LogP contribution is -2.45. The Morgan fingerprint density at radius 1 is 1.30 bits per heavy atom. The highest BCUT2D eigenvalue weighted by Crippen LogP contribution is 2.45. The number of aromatic amines is 1. The second-order valence-electron chi connectivity index (χ2n) is 8.10. The number of anilines is 2. The van der Waals surface area contributed by atoms with Crippen LogP contribution in [0.5, 0.6) is 11.6 Å². The van der Waals surface area contributed by atoms with Crippen LogP contribution < -0.4 is 14.8 Å². The molecule has 2 N–H and O–H groups in total. The van der Waals surface area contributed by atoms with Gasteiger partial charge >= 0.3 is 6.18 Å². The summed E-state index contributed by atoms with van der Waals surface area (Å²) in [6.45, 7) is 2.87. The highest BCUT2D eigenvalue weighted by molar-refractivity contribution is 5.82. The Kier molecular flexibility index (Phi) is 5.53. The van der Waals surface area contributed by atoms with E-state index < -0.39 is 12.2 Å². The minimum absolute atomic E-state index is 0.119. The average molecular weight is 463 g/mol. The summed E-state index contributed by atoms with van der Waals surface area (Å²) in [7, 11) is 1.42. The number of aromatic nitrogens is 3. The van der Waals surface area contributed by atoms with E-state index in [1.165, 1.54) is 24.1 Å². The molecule has 2 fully saturated rings. The minimum Gasteiger partial charge on any atom is -0.495 e. The van der Waals surface area contributed by atoms with Gasteiger partial charge in [0.05, 0.1) is 37.5 Å². The Morgan fingerprint density at radius 2 is 2.15 bits per heavy atom. The van der Waals surface area contributed by atoms with Crippen molar-refractivity contribution in [2.24, 2.45) is 0 Å². The number of ether oxygens (including phenoxy) is 3. The van der Waals surface area contributed by atoms with Crippen LogP contribution in [0.25, 0.3) is 11.0 Å². The molecule has 33 heavy (non-hydrogen) atoms. The molecular weight excluding hydrogens is 439 g/mol. The predicted octanol–water partition coefficient (Wildman–Crippen LogP) is 4.19. The predicted molar refractivity (Wildman–Crippen MR) is 115 cm³/mol. The summed E-state index contributed by atoms with van der Waals surface area (Å²) < 4.78 is 58.9. The molecular formula is C22H24F3N5O3. The second-order valence-corrected chi connectivity index (χ2v) is 8.10. The number of hydrogen-bond acceptors (Lipinski definition) is 7. The van der Waals surface area contributed by atoms with Gasteiger partial charge in [-0.2, -0.15) is 23.1 Å². The second kappa shape index (κ2) is 8.38. The standard InChI is InChI=1S/C22H24F3N5O3/c1-3-32-20-15-6-7-26-19(15)28-21(29-20)27-16-5-4-12(8-17(16)31-2)18(22(23,24)25)30-10-14-9-13(30)11-33-14/h4-8,13-14,18H,3,9-11H2,1-2H3,(H2,26,27,28,29)/t13-,14-,18+/m1/s1. The molecule has 11 heteroatoms. The highest BCUT2D eigenvalue weighted by atomic mass is 19.4. The number of likely N-dealkylation sites (tertiary alicyclic amines) is 1. The molecule has 0 aliphatic carbocycles. The quantitative estimate of drug-likeness (QED) is 0.544. The molecule has 3 aromatic rings. The molecule has 0 saturated carbocycles. The maximum Gasteiger partial charge on any atom is 0.408 e. The fourth-order valence-corrected chi connectivity index (χ4v) is 4.63. The van der Waals surface area contributed by atoms with Crippen molar-refractivity contribution in [1.82, 2.24) is 19.9 Å². The Bertz CT molecular complexity index is 1150. The molecule has 4 heterocycles. The van der Waals surface area contributed by atoms with Gasteiger partial charge in [0.1, 0.15) is 17.4 Å². The lowest BCUT2D eigenvalue weighted by Gasteiger charge is -2.36. The summed E-state index contributed by atoms with van der Waals surface area (Å²) in [4.78, 5) is 13.3. The van der Waals surface area contributed by atoms with E-state index in [9.17, 15) is 13.2 Å². The van der Waals surface area contributed by atoms with E-state index in [-0.39, 0.29) is 36.0 Å². The number of rotatable bonds is 7. The summed E-state index contributed by atoms with van der Waals surface area (Å²) in [5.74, 6) is 0.904. The zero-order chi connectivity index (χ0) is 23.2. The van der Waals surface area contributed by atoms with E-state index in [0.29, 0.717) is 36.8 Å². The number of benzene rings is 1. The van der Waals surface area contributed by atoms with E-state index in [1.807, 2.05) is 13.0 Å². The van der Waals surface area contributed by atoms with Crippen molar-refractivity contribution in [2.75, 3.05) is 32.2 Å². The zero-order valence-corrected chi connectivity index (χ0v) is 18.1. The van der Waals surface area contributed by atoms with Crippen LogP contribution in [0.1, 0.15) is 24.9 Å². The Balaban J connectivity index is 1.46. The number of nitrogens with zero attached hydrogens (tertiary/aromatic N) is 3. The van der Waals surface area contributed by atoms with Gasteiger partial charge in [0.25, 0.3) is 0 Å². The van der Waals surface area contributed by atoms with Crippen LogP contribution in [0, 0.1) is 0 Å². The fourth-order valence-electron chi connectivity index (χ4n) is 4.63. The van der Waals surface area contributed by atoms with Crippen LogP contribution >= 0.6 is 0 Å². The molecule has 2 aliphatic rings. The van der Waals surface area contributed by atoms with E-state index in [2.05, 4.69) is 20.3 Å². The maximum absolute atomic E-state index is 14.1. The van der Waals surface area contributed by atoms with Gasteiger partial charge in [0.15, 0.2) is 0 Å². The van der Waals surface area contributed by atoms with Crippen LogP contribution in [0.4, 0.5) is 24.8 Å². The SMILES string of the molecule is CCOc1nc(Nc2ccc([C@H](N3C[C@H]4C[C@@H]3CO4)C(F)(F)F)cc2OC)nc2[nH]ccc12. The summed E-state index contributed by atoms with van der Waals surface area (Å²) in [6, 6.07) is 4.29. The van der Waals surface area contributed by atoms with Crippen molar-refractivity contribution < 1.29 is 27.4 Å². The van der Waals surface area contributed by atoms with Gasteiger partial charge in [-0.3, -0.25) is 4.90 Å². The van der Waals surface area contributed by atoms with E-state index >= 15 is 0 Å². The highest BCUT2D eigenvalue weighted by Gasteiger charge is 2.52. The van der Waals surface area contributed by atoms with Gasteiger partial charge in [0, 0.05) is 18.8 Å². The molecule has 1 aromatic carbocycles. The van der Waals surface area contributed by atoms with Gasteiger partial charge in [-0.25, -0.2) is 0 Å². The number of fused-ring (bicyclic) bond motifs is 3. The number of nitrogens with one attached hydrogen (secondary N) is 2. The minimum atomic E-state index is -4.43. The molecule has 2 aliphatic heterocycles. The normalized spacial score (nSPS) is 21.5. The molecule has 176 valence electrons. The molecule has 2 aromatic heterocycles. The van der Waals surface area contributed by atoms with Crippen LogP contribution in [0.15, 0.2) is 30.5 Å². The van der Waals surface area contributed by atoms with Crippen molar-refractivity contribution in [1.29, 1.82) is 0 Å². The first kappa shape index (κ1) is 21.8. The van der Waals surface area contributed by atoms with Crippen LogP contribution in [-0.2, 0) is 4.74 Å². The third-order valence-corrected chi connectivity index (χ3v) is 6.03. The van der Waals surface area contributed by atoms with Gasteiger partial charge in [-0.05, 0) is 37.1 Å². The third-order valence-electron chi connectivity index (χ3n) is 6.03. The molecule has 2 saturated heterocycles. The largest absolute Gasteiger partial charge is 0.495 e. The number of alkyl halides is 3. The maximum atomic E-state index is 14.1. The third kappa shape index (κ3) is 4.06. The van der Waals surface area contributed by atoms with Crippen LogP contribution in [0.3, 0.4) is 0 Å². The zero-order valence-electron chi connectivity index (χ0n) is 18.1. The van der Waals surface area contributed by atoms with Crippen molar-refractivity contribution >= 4 is 22.7 Å². The topological polar surface area (TPSA) is 84.5 Å². The molecule has 3 atom stereocenters. The Hall–Kier alpha value is -3.05. The Labute approximate surface area is 188 Å². The number of halogens is 3. The van der Waals surface area contributed by atoms with E-state index in [1.54, 1.807) is 12.3 Å². The lowest BCUT2D eigenvalue weighted by molar-refractivity contribution is -0.196. The first-order chi connectivity index (χ1) is 15.9. The molecule has 0 radical (unpaired) electrons. The molecule has 0 amide bonds. The number of morpholine rings is 1. The number of hydrogen-bond donors (Lipinski definition) is 2. The van der Waals surface area contributed by atoms with Gasteiger partial charge in [0.2, 0.25) is 11.8 Å². The molecule has 5 rings (SSSR count). The average Bonchev–Trinajstić information content (AvgIpc) is 3.51. The monoisotopic (exact) mass is 463 g/mol. The smallest absolute Gasteiger partial charge is 0.408 e. The molecule has 0 spiro atoms. The fraction of sp³-hybridized carbons (Fsp3) is 0.455. The van der Waals surface area contributed by atoms with Crippen molar-refractivity contribution in [2.45, 2.75) is 37.7 Å². The van der Waals surface area contributed by atoms with Crippen LogP contribution in [0.2, 0.25) is 0 Å². The van der Waals surface area contributed by atoms with Gasteiger partial charge in [-0.15, -0.1) is 0 Å². The molecule has 0 unspecified atom stereocenters. The van der Waals surface area contributed by atoms with E-state index in [0.717, 1.165) is 5.39 Å². The van der Waals surface area contributed by atoms with Gasteiger partial charge in [-0.1, -0.05) is 6.07 Å². The van der Waals surface area contributed by atoms with Crippen LogP contribution in [-0.4, -0.2) is 65.0 Å². The molecule has 8 nitrogen and oxygen atoms in total. The Morgan fingerprint density at radius 3 is 2.82 bits per heavy atom. The summed E-state index contributed by atoms with van der Waals surface area (Å²) in [5.41, 5.74) is 1.14. The van der Waals surface area contributed by atoms with Gasteiger partial charge < -0.3 is 24.5 Å². The number of methoxy groups -OCH3 is 1. The summed E-state index contributed by atoms with van der Waals surface area (Å²) in [6.07, 6.45) is -2.21. The lowest BCUT2D eigenvalue weighted by atomic mass is 10.0. The van der Waals surface area contributed by atoms with Crippen molar-refractivity contribution in [3.8, 4) is 11.6 Å². The van der Waals surface area contributed by atoms with Crippen molar-refractivity contribution in [3.63, 3.8) is 0 Å². The number of H-pyrrole nitrogens is 1. The molecule has 2 bridgehead atoms. The first-order valence-electron chi connectivity index (χ1n) is 10.7. The first-order valence-corrected chi connectivity index (χ1v) is 10.7.